The molecule has 1 aromatic rings. The van der Waals surface area contributed by atoms with Gasteiger partial charge in [-0.15, -0.1) is 0 Å². The van der Waals surface area contributed by atoms with Gasteiger partial charge < -0.3 is 5.11 Å². The lowest BCUT2D eigenvalue weighted by Gasteiger charge is -2.06. The summed E-state index contributed by atoms with van der Waals surface area (Å²) in [7, 11) is 0. The van der Waals surface area contributed by atoms with Crippen LogP contribution in [0.1, 0.15) is 29.2 Å². The average molecular weight is 227 g/mol. The summed E-state index contributed by atoms with van der Waals surface area (Å²) in [6.45, 7) is 2.05. The van der Waals surface area contributed by atoms with Gasteiger partial charge in [0.05, 0.1) is 6.10 Å². The number of hydrogen-bond acceptors (Lipinski definition) is 1. The van der Waals surface area contributed by atoms with Crippen LogP contribution in [0.4, 0.5) is 0 Å². The Kier molecular flexibility index (Phi) is 1.97. The summed E-state index contributed by atoms with van der Waals surface area (Å²) < 4.78 is 1.15. The molecule has 2 heteroatoms. The van der Waals surface area contributed by atoms with Gasteiger partial charge in [0.2, 0.25) is 0 Å². The molecule has 1 aromatic carbocycles. The second-order valence-corrected chi connectivity index (χ2v) is 4.21. The minimum atomic E-state index is -0.230. The second-order valence-electron chi connectivity index (χ2n) is 3.35. The fraction of sp³-hybridized carbons (Fsp3) is 0.400. The Labute approximate surface area is 80.5 Å². The third-order valence-corrected chi connectivity index (χ3v) is 3.32. The van der Waals surface area contributed by atoms with Gasteiger partial charge in [-0.25, -0.2) is 0 Å². The largest absolute Gasteiger partial charge is 0.388 e. The summed E-state index contributed by atoms with van der Waals surface area (Å²) in [5.41, 5.74) is 3.62. The Bertz CT molecular complexity index is 320. The predicted octanol–water partition coefficient (Wildman–Crippen LogP) is 2.74. The van der Waals surface area contributed by atoms with Crippen LogP contribution in [0.5, 0.6) is 0 Å². The van der Waals surface area contributed by atoms with Crippen molar-refractivity contribution in [1.82, 2.24) is 0 Å². The summed E-state index contributed by atoms with van der Waals surface area (Å²) in [6, 6.07) is 4.21. The van der Waals surface area contributed by atoms with E-state index in [0.29, 0.717) is 0 Å². The molecule has 1 N–H and O–H groups in total. The third-order valence-electron chi connectivity index (χ3n) is 2.47. The molecule has 1 unspecified atom stereocenters. The van der Waals surface area contributed by atoms with E-state index >= 15 is 0 Å². The van der Waals surface area contributed by atoms with Crippen LogP contribution in [0.15, 0.2) is 16.6 Å². The first kappa shape index (κ1) is 8.27. The van der Waals surface area contributed by atoms with Crippen molar-refractivity contribution in [2.75, 3.05) is 0 Å². The molecule has 0 aliphatic heterocycles. The van der Waals surface area contributed by atoms with Gasteiger partial charge in [-0.1, -0.05) is 22.0 Å². The first-order valence-electron chi connectivity index (χ1n) is 4.15. The van der Waals surface area contributed by atoms with E-state index in [4.69, 9.17) is 0 Å². The Hall–Kier alpha value is -0.340. The maximum atomic E-state index is 9.58. The van der Waals surface area contributed by atoms with Gasteiger partial charge in [-0.05, 0) is 42.5 Å². The lowest BCUT2D eigenvalue weighted by Crippen LogP contribution is -1.91. The zero-order valence-electron chi connectivity index (χ0n) is 6.97. The van der Waals surface area contributed by atoms with Crippen molar-refractivity contribution in [2.45, 2.75) is 25.9 Å². The van der Waals surface area contributed by atoms with E-state index in [1.54, 1.807) is 0 Å². The van der Waals surface area contributed by atoms with Crippen molar-refractivity contribution in [3.63, 3.8) is 0 Å². The molecular formula is C10H11BrO. The minimum Gasteiger partial charge on any atom is -0.388 e. The SMILES string of the molecule is Cc1cc2c(cc1Br)CCC2O. The van der Waals surface area contributed by atoms with E-state index < -0.39 is 0 Å². The van der Waals surface area contributed by atoms with Crippen molar-refractivity contribution >= 4 is 15.9 Å². The molecule has 1 aliphatic rings. The van der Waals surface area contributed by atoms with Gasteiger partial charge in [0, 0.05) is 4.47 Å². The molecule has 0 heterocycles. The van der Waals surface area contributed by atoms with Crippen molar-refractivity contribution in [1.29, 1.82) is 0 Å². The predicted molar refractivity (Wildman–Crippen MR) is 52.2 cm³/mol. The number of benzene rings is 1. The van der Waals surface area contributed by atoms with Crippen molar-refractivity contribution in [3.05, 3.63) is 33.3 Å². The summed E-state index contributed by atoms with van der Waals surface area (Å²) in [6.07, 6.45) is 1.66. The molecule has 0 bridgehead atoms. The van der Waals surface area contributed by atoms with E-state index in [1.165, 1.54) is 11.1 Å². The first-order valence-corrected chi connectivity index (χ1v) is 4.95. The Morgan fingerprint density at radius 3 is 3.00 bits per heavy atom. The van der Waals surface area contributed by atoms with Crippen molar-refractivity contribution < 1.29 is 5.11 Å². The smallest absolute Gasteiger partial charge is 0.0796 e. The number of hydrogen-bond donors (Lipinski definition) is 1. The lowest BCUT2D eigenvalue weighted by atomic mass is 10.1. The molecule has 1 aliphatic carbocycles. The van der Waals surface area contributed by atoms with Crippen LogP contribution in [-0.2, 0) is 6.42 Å². The van der Waals surface area contributed by atoms with Crippen LogP contribution in [0.3, 0.4) is 0 Å². The average Bonchev–Trinajstić information content (AvgIpc) is 2.35. The monoisotopic (exact) mass is 226 g/mol. The molecule has 1 atom stereocenters. The van der Waals surface area contributed by atoms with Crippen LogP contribution in [-0.4, -0.2) is 5.11 Å². The number of aliphatic hydroxyl groups is 1. The Morgan fingerprint density at radius 1 is 1.50 bits per heavy atom. The van der Waals surface area contributed by atoms with Crippen LogP contribution in [0.25, 0.3) is 0 Å². The first-order chi connectivity index (χ1) is 5.68. The highest BCUT2D eigenvalue weighted by Gasteiger charge is 2.20. The number of halogens is 1. The van der Waals surface area contributed by atoms with Gasteiger partial charge in [0.1, 0.15) is 0 Å². The van der Waals surface area contributed by atoms with E-state index in [2.05, 4.69) is 35.0 Å². The maximum absolute atomic E-state index is 9.58. The third kappa shape index (κ3) is 1.19. The molecule has 0 saturated heterocycles. The minimum absolute atomic E-state index is 0.230. The number of fused-ring (bicyclic) bond motifs is 1. The summed E-state index contributed by atoms with van der Waals surface area (Å²) in [4.78, 5) is 0. The van der Waals surface area contributed by atoms with Crippen LogP contribution in [0.2, 0.25) is 0 Å². The van der Waals surface area contributed by atoms with Crippen LogP contribution in [0, 0.1) is 6.92 Å². The zero-order chi connectivity index (χ0) is 8.72. The van der Waals surface area contributed by atoms with E-state index in [-0.39, 0.29) is 6.10 Å². The molecule has 0 aromatic heterocycles. The second kappa shape index (κ2) is 2.86. The molecule has 1 nitrogen and oxygen atoms in total. The van der Waals surface area contributed by atoms with Crippen LogP contribution < -0.4 is 0 Å². The van der Waals surface area contributed by atoms with Crippen LogP contribution >= 0.6 is 15.9 Å². The van der Waals surface area contributed by atoms with Gasteiger partial charge in [0.15, 0.2) is 0 Å². The quantitative estimate of drug-likeness (QED) is 0.722. The highest BCUT2D eigenvalue weighted by Crippen LogP contribution is 2.34. The summed E-state index contributed by atoms with van der Waals surface area (Å²) in [5, 5.41) is 9.58. The maximum Gasteiger partial charge on any atom is 0.0796 e. The van der Waals surface area contributed by atoms with Gasteiger partial charge in [-0.2, -0.15) is 0 Å². The van der Waals surface area contributed by atoms with Gasteiger partial charge in [0.25, 0.3) is 0 Å². The molecule has 2 rings (SSSR count). The number of aryl methyl sites for hydroxylation is 2. The molecule has 0 radical (unpaired) electrons. The number of aliphatic hydroxyl groups excluding tert-OH is 1. The molecule has 0 spiro atoms. The topological polar surface area (TPSA) is 20.2 Å². The number of rotatable bonds is 0. The standard InChI is InChI=1S/C10H11BrO/c1-6-4-8-7(5-9(6)11)2-3-10(8)12/h4-5,10,12H,2-3H2,1H3. The Morgan fingerprint density at radius 2 is 2.25 bits per heavy atom. The highest BCUT2D eigenvalue weighted by atomic mass is 79.9. The molecular weight excluding hydrogens is 216 g/mol. The van der Waals surface area contributed by atoms with Crippen molar-refractivity contribution in [2.24, 2.45) is 0 Å². The molecule has 64 valence electrons. The molecule has 0 fully saturated rings. The van der Waals surface area contributed by atoms with Crippen molar-refractivity contribution in [3.8, 4) is 0 Å². The van der Waals surface area contributed by atoms with Gasteiger partial charge in [-0.3, -0.25) is 0 Å². The Balaban J connectivity index is 2.56. The molecule has 0 saturated carbocycles. The zero-order valence-corrected chi connectivity index (χ0v) is 8.56. The molecule has 12 heavy (non-hydrogen) atoms. The van der Waals surface area contributed by atoms with E-state index in [9.17, 15) is 5.11 Å². The normalized spacial score (nSPS) is 21.1. The lowest BCUT2D eigenvalue weighted by molar-refractivity contribution is 0.180. The summed E-state index contributed by atoms with van der Waals surface area (Å²) in [5.74, 6) is 0. The van der Waals surface area contributed by atoms with E-state index in [1.807, 2.05) is 0 Å². The van der Waals surface area contributed by atoms with E-state index in [0.717, 1.165) is 22.9 Å². The fourth-order valence-corrected chi connectivity index (χ4v) is 2.11. The summed E-state index contributed by atoms with van der Waals surface area (Å²) >= 11 is 3.49. The fourth-order valence-electron chi connectivity index (χ4n) is 1.72. The highest BCUT2D eigenvalue weighted by molar-refractivity contribution is 9.10. The molecule has 0 amide bonds. The van der Waals surface area contributed by atoms with Gasteiger partial charge >= 0.3 is 0 Å².